The van der Waals surface area contributed by atoms with Gasteiger partial charge in [-0.05, 0) is 37.1 Å². The number of nitrogens with zero attached hydrogens (tertiary/aromatic N) is 2. The molecule has 8 heteroatoms. The number of ether oxygens (including phenoxy) is 2. The Kier molecular flexibility index (Phi) is 5.14. The molecule has 154 valence electrons. The van der Waals surface area contributed by atoms with Gasteiger partial charge in [-0.3, -0.25) is 15.2 Å². The summed E-state index contributed by atoms with van der Waals surface area (Å²) in [4.78, 5) is 16.9. The molecule has 2 heterocycles. The highest BCUT2D eigenvalue weighted by molar-refractivity contribution is 5.95. The molecular formula is C22H22N4O4. The Morgan fingerprint density at radius 2 is 2.00 bits per heavy atom. The number of rotatable bonds is 6. The highest BCUT2D eigenvalue weighted by atomic mass is 16.5. The van der Waals surface area contributed by atoms with E-state index < -0.39 is 0 Å². The van der Waals surface area contributed by atoms with Crippen molar-refractivity contribution in [3.8, 4) is 22.9 Å². The fourth-order valence-corrected chi connectivity index (χ4v) is 3.30. The number of aromatic nitrogens is 3. The van der Waals surface area contributed by atoms with Gasteiger partial charge in [0.15, 0.2) is 5.82 Å². The number of anilines is 1. The van der Waals surface area contributed by atoms with Crippen molar-refractivity contribution in [2.24, 2.45) is 0 Å². The predicted octanol–water partition coefficient (Wildman–Crippen LogP) is 4.03. The molecule has 30 heavy (non-hydrogen) atoms. The molecule has 0 aliphatic carbocycles. The molecular weight excluding hydrogens is 384 g/mol. The Bertz CT molecular complexity index is 1230. The molecule has 0 spiro atoms. The first-order valence-corrected chi connectivity index (χ1v) is 9.41. The zero-order valence-corrected chi connectivity index (χ0v) is 17.2. The highest BCUT2D eigenvalue weighted by Crippen LogP contribution is 2.31. The number of benzene rings is 2. The standard InChI is InChI=1S/C22H22N4O4/c1-12-5-7-16-14(11-30-20(16)13(12)2)9-19(27)23-22-24-21(25-26-22)17-8-6-15(28-3)10-18(17)29-4/h5-8,10-11H,9H2,1-4H3,(H2,23,24,25,26,27). The minimum atomic E-state index is -0.233. The van der Waals surface area contributed by atoms with Crippen molar-refractivity contribution in [1.29, 1.82) is 0 Å². The highest BCUT2D eigenvalue weighted by Gasteiger charge is 2.16. The van der Waals surface area contributed by atoms with Crippen LogP contribution in [0.1, 0.15) is 16.7 Å². The van der Waals surface area contributed by atoms with Crippen LogP contribution in [-0.4, -0.2) is 35.3 Å². The van der Waals surface area contributed by atoms with Gasteiger partial charge in [-0.15, -0.1) is 5.10 Å². The summed E-state index contributed by atoms with van der Waals surface area (Å²) in [7, 11) is 3.15. The van der Waals surface area contributed by atoms with Gasteiger partial charge in [0.25, 0.3) is 0 Å². The molecule has 0 fully saturated rings. The maximum Gasteiger partial charge on any atom is 0.249 e. The van der Waals surface area contributed by atoms with Crippen molar-refractivity contribution in [2.75, 3.05) is 19.5 Å². The first-order valence-electron chi connectivity index (χ1n) is 9.41. The summed E-state index contributed by atoms with van der Waals surface area (Å²) in [6, 6.07) is 9.37. The van der Waals surface area contributed by atoms with E-state index in [1.165, 1.54) is 0 Å². The Balaban J connectivity index is 1.51. The average Bonchev–Trinajstić information content (AvgIpc) is 3.37. The smallest absolute Gasteiger partial charge is 0.249 e. The SMILES string of the molecule is COc1ccc(-c2nc(NC(=O)Cc3coc4c(C)c(C)ccc34)n[nH]2)c(OC)c1. The van der Waals surface area contributed by atoms with Crippen LogP contribution >= 0.6 is 0 Å². The Morgan fingerprint density at radius 3 is 2.77 bits per heavy atom. The quantitative estimate of drug-likeness (QED) is 0.501. The fraction of sp³-hybridized carbons (Fsp3) is 0.227. The number of furan rings is 1. The number of amides is 1. The average molecular weight is 406 g/mol. The lowest BCUT2D eigenvalue weighted by atomic mass is 10.0. The van der Waals surface area contributed by atoms with Crippen LogP contribution in [0.25, 0.3) is 22.4 Å². The van der Waals surface area contributed by atoms with Gasteiger partial charge in [-0.25, -0.2) is 0 Å². The molecule has 0 atom stereocenters. The molecule has 2 aromatic heterocycles. The summed E-state index contributed by atoms with van der Waals surface area (Å²) in [5, 5.41) is 10.6. The third kappa shape index (κ3) is 3.59. The van der Waals surface area contributed by atoms with Gasteiger partial charge in [0.05, 0.1) is 32.5 Å². The molecule has 0 aliphatic rings. The largest absolute Gasteiger partial charge is 0.497 e. The Labute approximate surface area is 173 Å². The minimum Gasteiger partial charge on any atom is -0.497 e. The lowest BCUT2D eigenvalue weighted by Crippen LogP contribution is -2.15. The number of carbonyl (C=O) groups excluding carboxylic acids is 1. The van der Waals surface area contributed by atoms with Gasteiger partial charge in [0, 0.05) is 17.0 Å². The van der Waals surface area contributed by atoms with Crippen LogP contribution in [-0.2, 0) is 11.2 Å². The van der Waals surface area contributed by atoms with Gasteiger partial charge in [-0.1, -0.05) is 12.1 Å². The van der Waals surface area contributed by atoms with Gasteiger partial charge < -0.3 is 13.9 Å². The number of methoxy groups -OCH3 is 2. The molecule has 0 bridgehead atoms. The van der Waals surface area contributed by atoms with E-state index in [0.29, 0.717) is 22.9 Å². The molecule has 4 aromatic rings. The van der Waals surface area contributed by atoms with Crippen molar-refractivity contribution < 1.29 is 18.7 Å². The van der Waals surface area contributed by atoms with Gasteiger partial charge in [0.2, 0.25) is 11.9 Å². The van der Waals surface area contributed by atoms with Gasteiger partial charge in [-0.2, -0.15) is 4.98 Å². The van der Waals surface area contributed by atoms with Crippen LogP contribution < -0.4 is 14.8 Å². The van der Waals surface area contributed by atoms with Gasteiger partial charge >= 0.3 is 0 Å². The topological polar surface area (TPSA) is 102 Å². The van der Waals surface area contributed by atoms with Crippen LogP contribution in [0.5, 0.6) is 11.5 Å². The zero-order chi connectivity index (χ0) is 21.3. The fourth-order valence-electron chi connectivity index (χ4n) is 3.30. The van der Waals surface area contributed by atoms with E-state index >= 15 is 0 Å². The second kappa shape index (κ2) is 7.90. The predicted molar refractivity (Wildman–Crippen MR) is 113 cm³/mol. The van der Waals surface area contributed by atoms with Crippen molar-refractivity contribution in [2.45, 2.75) is 20.3 Å². The second-order valence-corrected chi connectivity index (χ2v) is 6.94. The molecule has 0 saturated heterocycles. The normalized spacial score (nSPS) is 10.9. The number of hydrogen-bond acceptors (Lipinski definition) is 6. The van der Waals surface area contributed by atoms with Crippen LogP contribution in [0, 0.1) is 13.8 Å². The summed E-state index contributed by atoms with van der Waals surface area (Å²) >= 11 is 0. The maximum atomic E-state index is 12.5. The molecule has 0 saturated carbocycles. The van der Waals surface area contributed by atoms with Crippen molar-refractivity contribution >= 4 is 22.8 Å². The summed E-state index contributed by atoms with van der Waals surface area (Å²) < 4.78 is 16.3. The Hall–Kier alpha value is -3.81. The number of aryl methyl sites for hydroxylation is 2. The van der Waals surface area contributed by atoms with E-state index in [4.69, 9.17) is 13.9 Å². The van der Waals surface area contributed by atoms with E-state index in [2.05, 4.69) is 20.5 Å². The Morgan fingerprint density at radius 1 is 1.17 bits per heavy atom. The van der Waals surface area contributed by atoms with Crippen LogP contribution in [0.3, 0.4) is 0 Å². The van der Waals surface area contributed by atoms with E-state index in [1.807, 2.05) is 32.0 Å². The molecule has 4 rings (SSSR count). The number of H-pyrrole nitrogens is 1. The third-order valence-corrected chi connectivity index (χ3v) is 5.09. The summed E-state index contributed by atoms with van der Waals surface area (Å²) in [6.45, 7) is 4.04. The number of hydrogen-bond donors (Lipinski definition) is 2. The van der Waals surface area contributed by atoms with Crippen molar-refractivity contribution in [1.82, 2.24) is 15.2 Å². The lowest BCUT2D eigenvalue weighted by molar-refractivity contribution is -0.115. The van der Waals surface area contributed by atoms with E-state index in [9.17, 15) is 4.79 Å². The first kappa shape index (κ1) is 19.5. The number of fused-ring (bicyclic) bond motifs is 1. The summed E-state index contributed by atoms with van der Waals surface area (Å²) in [6.07, 6.45) is 1.79. The minimum absolute atomic E-state index is 0.158. The van der Waals surface area contributed by atoms with E-state index in [-0.39, 0.29) is 18.3 Å². The number of carbonyl (C=O) groups is 1. The number of aromatic amines is 1. The van der Waals surface area contributed by atoms with Crippen LogP contribution in [0.2, 0.25) is 0 Å². The van der Waals surface area contributed by atoms with Crippen molar-refractivity contribution in [3.63, 3.8) is 0 Å². The zero-order valence-electron chi connectivity index (χ0n) is 17.2. The molecule has 0 aliphatic heterocycles. The monoisotopic (exact) mass is 406 g/mol. The van der Waals surface area contributed by atoms with Crippen LogP contribution in [0.15, 0.2) is 41.0 Å². The molecule has 0 unspecified atom stereocenters. The second-order valence-electron chi connectivity index (χ2n) is 6.94. The summed E-state index contributed by atoms with van der Waals surface area (Å²) in [5.41, 5.74) is 4.56. The molecule has 0 radical (unpaired) electrons. The van der Waals surface area contributed by atoms with Gasteiger partial charge in [0.1, 0.15) is 17.1 Å². The maximum absolute atomic E-state index is 12.5. The molecule has 8 nitrogen and oxygen atoms in total. The van der Waals surface area contributed by atoms with Crippen molar-refractivity contribution in [3.05, 3.63) is 53.3 Å². The third-order valence-electron chi connectivity index (χ3n) is 5.09. The van der Waals surface area contributed by atoms with Crippen LogP contribution in [0.4, 0.5) is 5.95 Å². The first-order chi connectivity index (χ1) is 14.5. The summed E-state index contributed by atoms with van der Waals surface area (Å²) in [5.74, 6) is 1.68. The lowest BCUT2D eigenvalue weighted by Gasteiger charge is -2.07. The molecule has 2 aromatic carbocycles. The number of nitrogens with one attached hydrogen (secondary N) is 2. The molecule has 1 amide bonds. The van der Waals surface area contributed by atoms with E-state index in [1.54, 1.807) is 32.6 Å². The molecule has 2 N–H and O–H groups in total. The van der Waals surface area contributed by atoms with E-state index in [0.717, 1.165) is 27.7 Å².